The van der Waals surface area contributed by atoms with Gasteiger partial charge in [0.15, 0.2) is 5.16 Å². The molecule has 3 nitrogen and oxygen atoms in total. The van der Waals surface area contributed by atoms with E-state index in [1.54, 1.807) is 11.8 Å². The van der Waals surface area contributed by atoms with Gasteiger partial charge in [0.25, 0.3) is 0 Å². The van der Waals surface area contributed by atoms with E-state index in [0.717, 1.165) is 47.6 Å². The lowest BCUT2D eigenvalue weighted by Crippen LogP contribution is -2.34. The Balaban J connectivity index is 1.71. The first kappa shape index (κ1) is 13.0. The van der Waals surface area contributed by atoms with Gasteiger partial charge < -0.3 is 10.1 Å². The number of hydrogen-bond donors (Lipinski definition) is 2. The molecule has 0 saturated heterocycles. The van der Waals surface area contributed by atoms with E-state index in [1.807, 2.05) is 6.07 Å². The Labute approximate surface area is 117 Å². The van der Waals surface area contributed by atoms with Crippen LogP contribution in [0.25, 0.3) is 11.0 Å². The van der Waals surface area contributed by atoms with Gasteiger partial charge in [0.05, 0.1) is 16.6 Å². The van der Waals surface area contributed by atoms with Gasteiger partial charge in [-0.1, -0.05) is 37.1 Å². The highest BCUT2D eigenvalue weighted by Gasteiger charge is 2.29. The zero-order valence-electron chi connectivity index (χ0n) is 11.3. The van der Waals surface area contributed by atoms with Gasteiger partial charge in [-0.3, -0.25) is 0 Å². The summed E-state index contributed by atoms with van der Waals surface area (Å²) >= 11 is 1.64. The minimum atomic E-state index is -0.488. The van der Waals surface area contributed by atoms with Crippen molar-refractivity contribution in [2.75, 3.05) is 5.75 Å². The predicted molar refractivity (Wildman–Crippen MR) is 79.6 cm³/mol. The van der Waals surface area contributed by atoms with Crippen molar-refractivity contribution in [3.05, 3.63) is 23.8 Å². The molecule has 1 aromatic carbocycles. The van der Waals surface area contributed by atoms with Crippen LogP contribution in [0.15, 0.2) is 23.4 Å². The largest absolute Gasteiger partial charge is 0.389 e. The van der Waals surface area contributed by atoms with Crippen molar-refractivity contribution in [2.24, 2.45) is 0 Å². The summed E-state index contributed by atoms with van der Waals surface area (Å²) in [4.78, 5) is 7.90. The van der Waals surface area contributed by atoms with E-state index in [2.05, 4.69) is 29.0 Å². The Morgan fingerprint density at radius 3 is 2.89 bits per heavy atom. The number of hydrogen-bond acceptors (Lipinski definition) is 3. The van der Waals surface area contributed by atoms with Crippen LogP contribution in [0.2, 0.25) is 0 Å². The smallest absolute Gasteiger partial charge is 0.166 e. The van der Waals surface area contributed by atoms with Crippen LogP contribution in [0.1, 0.15) is 37.7 Å². The number of nitrogens with one attached hydrogen (secondary N) is 1. The van der Waals surface area contributed by atoms with E-state index in [-0.39, 0.29) is 0 Å². The SMILES string of the molecule is Cc1ccc2nc(SCC3(O)CCCCC3)[nH]c2c1. The first-order valence-corrected chi connectivity index (χ1v) is 7.95. The lowest BCUT2D eigenvalue weighted by molar-refractivity contribution is 0.0272. The monoisotopic (exact) mass is 276 g/mol. The topological polar surface area (TPSA) is 48.9 Å². The van der Waals surface area contributed by atoms with Crippen molar-refractivity contribution in [3.8, 4) is 0 Å². The number of imidazole rings is 1. The molecular weight excluding hydrogens is 256 g/mol. The van der Waals surface area contributed by atoms with E-state index in [0.29, 0.717) is 0 Å². The zero-order chi connectivity index (χ0) is 13.3. The first-order valence-electron chi connectivity index (χ1n) is 6.96. The summed E-state index contributed by atoms with van der Waals surface area (Å²) in [6, 6.07) is 6.23. The number of fused-ring (bicyclic) bond motifs is 1. The Kier molecular flexibility index (Phi) is 3.54. The predicted octanol–water partition coefficient (Wildman–Crippen LogP) is 3.66. The molecule has 1 heterocycles. The molecule has 0 atom stereocenters. The highest BCUT2D eigenvalue weighted by atomic mass is 32.2. The van der Waals surface area contributed by atoms with E-state index < -0.39 is 5.60 Å². The summed E-state index contributed by atoms with van der Waals surface area (Å²) < 4.78 is 0. The van der Waals surface area contributed by atoms with Crippen molar-refractivity contribution in [3.63, 3.8) is 0 Å². The van der Waals surface area contributed by atoms with Gasteiger partial charge in [-0.15, -0.1) is 0 Å². The zero-order valence-corrected chi connectivity index (χ0v) is 12.1. The van der Waals surface area contributed by atoms with Crippen LogP contribution < -0.4 is 0 Å². The third-order valence-electron chi connectivity index (χ3n) is 3.88. The molecule has 3 rings (SSSR count). The average Bonchev–Trinajstić information content (AvgIpc) is 2.79. The molecule has 1 aliphatic carbocycles. The molecule has 1 fully saturated rings. The summed E-state index contributed by atoms with van der Waals surface area (Å²) in [7, 11) is 0. The molecule has 0 bridgehead atoms. The molecule has 2 aromatic rings. The van der Waals surface area contributed by atoms with E-state index in [9.17, 15) is 5.11 Å². The Hall–Kier alpha value is -1.00. The standard InChI is InChI=1S/C15H20N2OS/c1-11-5-6-12-13(9-11)17-14(16-12)19-10-15(18)7-3-2-4-8-15/h5-6,9,18H,2-4,7-8,10H2,1H3,(H,16,17). The van der Waals surface area contributed by atoms with E-state index >= 15 is 0 Å². The van der Waals surface area contributed by atoms with Gasteiger partial charge in [-0.05, 0) is 37.5 Å². The molecule has 1 aromatic heterocycles. The summed E-state index contributed by atoms with van der Waals surface area (Å²) in [5.74, 6) is 0.742. The molecule has 102 valence electrons. The van der Waals surface area contributed by atoms with Gasteiger partial charge in [0.2, 0.25) is 0 Å². The lowest BCUT2D eigenvalue weighted by atomic mass is 9.86. The summed E-state index contributed by atoms with van der Waals surface area (Å²) in [6.07, 6.45) is 5.42. The highest BCUT2D eigenvalue weighted by molar-refractivity contribution is 7.99. The van der Waals surface area contributed by atoms with Crippen LogP contribution in [-0.4, -0.2) is 26.4 Å². The van der Waals surface area contributed by atoms with Gasteiger partial charge in [0, 0.05) is 5.75 Å². The second-order valence-electron chi connectivity index (χ2n) is 5.64. The molecule has 0 radical (unpaired) electrons. The second-order valence-corrected chi connectivity index (χ2v) is 6.60. The van der Waals surface area contributed by atoms with Gasteiger partial charge in [0.1, 0.15) is 0 Å². The fourth-order valence-electron chi connectivity index (χ4n) is 2.73. The average molecular weight is 276 g/mol. The molecule has 4 heteroatoms. The second kappa shape index (κ2) is 5.17. The van der Waals surface area contributed by atoms with Crippen LogP contribution in [-0.2, 0) is 0 Å². The van der Waals surface area contributed by atoms with Gasteiger partial charge >= 0.3 is 0 Å². The van der Waals surface area contributed by atoms with Crippen molar-refractivity contribution in [1.29, 1.82) is 0 Å². The lowest BCUT2D eigenvalue weighted by Gasteiger charge is -2.31. The van der Waals surface area contributed by atoms with Crippen LogP contribution >= 0.6 is 11.8 Å². The van der Waals surface area contributed by atoms with Crippen LogP contribution in [0.4, 0.5) is 0 Å². The number of thioether (sulfide) groups is 1. The quantitative estimate of drug-likeness (QED) is 0.841. The molecule has 1 aliphatic rings. The van der Waals surface area contributed by atoms with Gasteiger partial charge in [-0.2, -0.15) is 0 Å². The Morgan fingerprint density at radius 2 is 2.11 bits per heavy atom. The number of H-pyrrole nitrogens is 1. The van der Waals surface area contributed by atoms with Crippen LogP contribution in [0.5, 0.6) is 0 Å². The van der Waals surface area contributed by atoms with Crippen molar-refractivity contribution in [2.45, 2.75) is 49.8 Å². The molecule has 0 amide bonds. The number of aliphatic hydroxyl groups is 1. The Bertz CT molecular complexity index is 573. The maximum Gasteiger partial charge on any atom is 0.166 e. The van der Waals surface area contributed by atoms with Crippen LogP contribution in [0, 0.1) is 6.92 Å². The maximum atomic E-state index is 10.5. The molecule has 0 unspecified atom stereocenters. The third kappa shape index (κ3) is 2.95. The summed E-state index contributed by atoms with van der Waals surface area (Å²) in [6.45, 7) is 2.08. The highest BCUT2D eigenvalue weighted by Crippen LogP contribution is 2.33. The van der Waals surface area contributed by atoms with E-state index in [4.69, 9.17) is 0 Å². The fourth-order valence-corrected chi connectivity index (χ4v) is 3.76. The number of aromatic nitrogens is 2. The first-order chi connectivity index (χ1) is 9.15. The molecular formula is C15H20N2OS. The molecule has 1 saturated carbocycles. The number of nitrogens with zero attached hydrogens (tertiary/aromatic N) is 1. The molecule has 0 aliphatic heterocycles. The summed E-state index contributed by atoms with van der Waals surface area (Å²) in [5, 5.41) is 11.4. The Morgan fingerprint density at radius 1 is 1.32 bits per heavy atom. The third-order valence-corrected chi connectivity index (χ3v) is 5.03. The fraction of sp³-hybridized carbons (Fsp3) is 0.533. The number of benzene rings is 1. The minimum Gasteiger partial charge on any atom is -0.389 e. The summed E-state index contributed by atoms with van der Waals surface area (Å²) in [5.41, 5.74) is 2.83. The number of aromatic amines is 1. The van der Waals surface area contributed by atoms with E-state index in [1.165, 1.54) is 12.0 Å². The van der Waals surface area contributed by atoms with Gasteiger partial charge in [-0.25, -0.2) is 4.98 Å². The molecule has 19 heavy (non-hydrogen) atoms. The molecule has 2 N–H and O–H groups in total. The van der Waals surface area contributed by atoms with Crippen molar-refractivity contribution in [1.82, 2.24) is 9.97 Å². The number of aryl methyl sites for hydroxylation is 1. The maximum absolute atomic E-state index is 10.5. The molecule has 0 spiro atoms. The van der Waals surface area contributed by atoms with Crippen LogP contribution in [0.3, 0.4) is 0 Å². The normalized spacial score (nSPS) is 18.8. The minimum absolute atomic E-state index is 0.488. The van der Waals surface area contributed by atoms with Crippen molar-refractivity contribution < 1.29 is 5.11 Å². The number of rotatable bonds is 3. The van der Waals surface area contributed by atoms with Crippen molar-refractivity contribution >= 4 is 22.8 Å².